The van der Waals surface area contributed by atoms with Gasteiger partial charge in [0.2, 0.25) is 0 Å². The van der Waals surface area contributed by atoms with Gasteiger partial charge in [0.1, 0.15) is 0 Å². The van der Waals surface area contributed by atoms with Crippen molar-refractivity contribution >= 4 is 0 Å². The summed E-state index contributed by atoms with van der Waals surface area (Å²) in [5, 5.41) is 0. The third kappa shape index (κ3) is 16.4. The van der Waals surface area contributed by atoms with E-state index >= 15 is 0 Å². The Hall–Kier alpha value is -0.250. The molecule has 15 heavy (non-hydrogen) atoms. The number of halogens is 3. The van der Waals surface area contributed by atoms with Gasteiger partial charge in [-0.15, -0.1) is 0 Å². The van der Waals surface area contributed by atoms with Gasteiger partial charge in [-0.05, 0) is 12.8 Å². The van der Waals surface area contributed by atoms with Gasteiger partial charge < -0.3 is 4.74 Å². The molecular weight excluding hydrogens is 205 g/mol. The van der Waals surface area contributed by atoms with E-state index in [-0.39, 0.29) is 12.5 Å². The van der Waals surface area contributed by atoms with E-state index < -0.39 is 12.3 Å². The zero-order valence-electron chi connectivity index (χ0n) is 10.9. The van der Waals surface area contributed by atoms with Crippen LogP contribution in [-0.4, -0.2) is 18.9 Å². The van der Waals surface area contributed by atoms with Gasteiger partial charge in [-0.1, -0.05) is 41.5 Å². The van der Waals surface area contributed by atoms with Crippen LogP contribution in [0.15, 0.2) is 0 Å². The first-order chi connectivity index (χ1) is 6.84. The standard InChI is InChI=1S/C7H13F3O.2C2H6/c1-5(2)4-11-6(3)7(8,9)10;2*1-2/h5-6H,4H2,1-3H3;2*1-2H3. The van der Waals surface area contributed by atoms with E-state index in [9.17, 15) is 13.2 Å². The Bertz CT molecular complexity index is 111. The molecule has 96 valence electrons. The average Bonchev–Trinajstić information content (AvgIpc) is 2.19. The van der Waals surface area contributed by atoms with Gasteiger partial charge >= 0.3 is 6.18 Å². The smallest absolute Gasteiger partial charge is 0.369 e. The summed E-state index contributed by atoms with van der Waals surface area (Å²) < 4.78 is 39.9. The normalized spacial score (nSPS) is 12.2. The molecule has 0 aromatic heterocycles. The molecule has 0 fully saturated rings. The lowest BCUT2D eigenvalue weighted by Crippen LogP contribution is -2.29. The van der Waals surface area contributed by atoms with Crippen molar-refractivity contribution in [2.24, 2.45) is 5.92 Å². The molecule has 0 spiro atoms. The van der Waals surface area contributed by atoms with Crippen LogP contribution in [0.1, 0.15) is 48.5 Å². The van der Waals surface area contributed by atoms with Crippen LogP contribution in [0.3, 0.4) is 0 Å². The minimum absolute atomic E-state index is 0.139. The van der Waals surface area contributed by atoms with Crippen LogP contribution in [0.25, 0.3) is 0 Å². The number of ether oxygens (including phenoxy) is 1. The minimum Gasteiger partial charge on any atom is -0.369 e. The number of hydrogen-bond acceptors (Lipinski definition) is 1. The second-order valence-electron chi connectivity index (χ2n) is 2.91. The first-order valence-electron chi connectivity index (χ1n) is 5.52. The van der Waals surface area contributed by atoms with Crippen molar-refractivity contribution in [1.82, 2.24) is 0 Å². The van der Waals surface area contributed by atoms with Crippen molar-refractivity contribution in [3.05, 3.63) is 0 Å². The summed E-state index contributed by atoms with van der Waals surface area (Å²) in [5.74, 6) is 0.139. The molecule has 1 nitrogen and oxygen atoms in total. The third-order valence-electron chi connectivity index (χ3n) is 1.14. The molecule has 0 aromatic rings. The van der Waals surface area contributed by atoms with Crippen LogP contribution in [0, 0.1) is 5.92 Å². The van der Waals surface area contributed by atoms with E-state index in [1.54, 1.807) is 0 Å². The van der Waals surface area contributed by atoms with Crippen molar-refractivity contribution in [3.63, 3.8) is 0 Å². The summed E-state index contributed by atoms with van der Waals surface area (Å²) in [6.45, 7) is 12.8. The average molecular weight is 230 g/mol. The third-order valence-corrected chi connectivity index (χ3v) is 1.14. The maximum Gasteiger partial charge on any atom is 0.414 e. The molecule has 0 bridgehead atoms. The topological polar surface area (TPSA) is 9.23 Å². The molecule has 0 heterocycles. The summed E-state index contributed by atoms with van der Waals surface area (Å²) in [6, 6.07) is 0. The van der Waals surface area contributed by atoms with E-state index in [1.807, 2.05) is 41.5 Å². The van der Waals surface area contributed by atoms with E-state index in [4.69, 9.17) is 0 Å². The molecular formula is C11H25F3O. The molecule has 1 atom stereocenters. The Balaban J connectivity index is -0.000000318. The summed E-state index contributed by atoms with van der Waals surface area (Å²) in [6.07, 6.45) is -5.88. The molecule has 4 heteroatoms. The Morgan fingerprint density at radius 1 is 0.933 bits per heavy atom. The number of hydrogen-bond donors (Lipinski definition) is 0. The SMILES string of the molecule is CC.CC.CC(C)COC(C)C(F)(F)F. The highest BCUT2D eigenvalue weighted by Gasteiger charge is 2.36. The Morgan fingerprint density at radius 2 is 1.27 bits per heavy atom. The van der Waals surface area contributed by atoms with Gasteiger partial charge in [0.25, 0.3) is 0 Å². The first kappa shape index (κ1) is 20.2. The summed E-state index contributed by atoms with van der Waals surface area (Å²) in [4.78, 5) is 0. The molecule has 0 radical (unpaired) electrons. The van der Waals surface area contributed by atoms with Gasteiger partial charge in [0.05, 0.1) is 0 Å². The molecule has 0 aromatic carbocycles. The molecule has 0 saturated heterocycles. The second kappa shape index (κ2) is 11.8. The van der Waals surface area contributed by atoms with Gasteiger partial charge in [-0.2, -0.15) is 13.2 Å². The summed E-state index contributed by atoms with van der Waals surface area (Å²) in [7, 11) is 0. The van der Waals surface area contributed by atoms with Crippen LogP contribution in [0.5, 0.6) is 0 Å². The van der Waals surface area contributed by atoms with Crippen LogP contribution in [0.4, 0.5) is 13.2 Å². The van der Waals surface area contributed by atoms with Crippen molar-refractivity contribution < 1.29 is 17.9 Å². The molecule has 0 aliphatic heterocycles. The lowest BCUT2D eigenvalue weighted by Gasteiger charge is -2.17. The second-order valence-corrected chi connectivity index (χ2v) is 2.91. The van der Waals surface area contributed by atoms with Crippen molar-refractivity contribution in [2.45, 2.75) is 60.7 Å². The zero-order chi connectivity index (χ0) is 13.1. The summed E-state index contributed by atoms with van der Waals surface area (Å²) >= 11 is 0. The lowest BCUT2D eigenvalue weighted by molar-refractivity contribution is -0.216. The predicted molar refractivity (Wildman–Crippen MR) is 59.0 cm³/mol. The predicted octanol–water partition coefficient (Wildman–Crippen LogP) is 4.66. The van der Waals surface area contributed by atoms with E-state index in [2.05, 4.69) is 4.74 Å². The molecule has 0 aliphatic rings. The fourth-order valence-electron chi connectivity index (χ4n) is 0.431. The fraction of sp³-hybridized carbons (Fsp3) is 1.00. The summed E-state index contributed by atoms with van der Waals surface area (Å²) in [5.41, 5.74) is 0. The van der Waals surface area contributed by atoms with Crippen LogP contribution in [-0.2, 0) is 4.74 Å². The Kier molecular flexibility index (Phi) is 15.9. The molecule has 0 amide bonds. The van der Waals surface area contributed by atoms with Gasteiger partial charge in [-0.25, -0.2) is 0 Å². The molecule has 1 unspecified atom stereocenters. The largest absolute Gasteiger partial charge is 0.414 e. The van der Waals surface area contributed by atoms with Gasteiger partial charge in [0.15, 0.2) is 6.10 Å². The highest BCUT2D eigenvalue weighted by atomic mass is 19.4. The van der Waals surface area contributed by atoms with Crippen molar-refractivity contribution in [2.75, 3.05) is 6.61 Å². The van der Waals surface area contributed by atoms with Gasteiger partial charge in [0, 0.05) is 6.61 Å². The lowest BCUT2D eigenvalue weighted by atomic mass is 10.2. The monoisotopic (exact) mass is 230 g/mol. The van der Waals surface area contributed by atoms with Crippen molar-refractivity contribution in [3.8, 4) is 0 Å². The van der Waals surface area contributed by atoms with Crippen molar-refractivity contribution in [1.29, 1.82) is 0 Å². The zero-order valence-corrected chi connectivity index (χ0v) is 10.9. The quantitative estimate of drug-likeness (QED) is 0.685. The van der Waals surface area contributed by atoms with E-state index in [0.29, 0.717) is 0 Å². The van der Waals surface area contributed by atoms with Crippen LogP contribution < -0.4 is 0 Å². The highest BCUT2D eigenvalue weighted by molar-refractivity contribution is 4.60. The highest BCUT2D eigenvalue weighted by Crippen LogP contribution is 2.22. The molecule has 0 aliphatic carbocycles. The van der Waals surface area contributed by atoms with Crippen LogP contribution in [0.2, 0.25) is 0 Å². The fourth-order valence-corrected chi connectivity index (χ4v) is 0.431. The number of alkyl halides is 3. The van der Waals surface area contributed by atoms with Gasteiger partial charge in [-0.3, -0.25) is 0 Å². The van der Waals surface area contributed by atoms with E-state index in [1.165, 1.54) is 0 Å². The molecule has 0 rings (SSSR count). The molecule has 0 saturated carbocycles. The maximum atomic E-state index is 11.8. The van der Waals surface area contributed by atoms with Crippen LogP contribution >= 0.6 is 0 Å². The molecule has 0 N–H and O–H groups in total. The van der Waals surface area contributed by atoms with E-state index in [0.717, 1.165) is 6.92 Å². The first-order valence-corrected chi connectivity index (χ1v) is 5.52. The minimum atomic E-state index is -4.23. The maximum absolute atomic E-state index is 11.8. The Morgan fingerprint density at radius 3 is 1.47 bits per heavy atom. The number of rotatable bonds is 3. The Labute approximate surface area is 92.0 Å².